The second-order valence-corrected chi connectivity index (χ2v) is 6.09. The average Bonchev–Trinajstić information content (AvgIpc) is 2.54. The Morgan fingerprint density at radius 3 is 2.78 bits per heavy atom. The van der Waals surface area contributed by atoms with Crippen LogP contribution in [0.3, 0.4) is 0 Å². The van der Waals surface area contributed by atoms with E-state index in [-0.39, 0.29) is 18.1 Å². The number of aryl methyl sites for hydroxylation is 1. The zero-order valence-corrected chi connectivity index (χ0v) is 13.8. The quantitative estimate of drug-likeness (QED) is 0.720. The van der Waals surface area contributed by atoms with Crippen molar-refractivity contribution in [3.8, 4) is 0 Å². The number of para-hydroxylation sites is 1. The Morgan fingerprint density at radius 2 is 1.96 bits per heavy atom. The summed E-state index contributed by atoms with van der Waals surface area (Å²) >= 11 is 3.21. The molecule has 1 heterocycles. The van der Waals surface area contributed by atoms with E-state index in [0.29, 0.717) is 22.3 Å². The fourth-order valence-electron chi connectivity index (χ4n) is 2.31. The molecule has 0 aliphatic heterocycles. The summed E-state index contributed by atoms with van der Waals surface area (Å²) in [5.74, 6) is 0.0103. The molecule has 0 saturated carbocycles. The zero-order chi connectivity index (χ0) is 16.2. The molecule has 0 fully saturated rings. The summed E-state index contributed by atoms with van der Waals surface area (Å²) in [6, 6.07) is 16.2. The minimum absolute atomic E-state index is 0.185. The highest BCUT2D eigenvalue weighted by Gasteiger charge is 2.08. The van der Waals surface area contributed by atoms with Gasteiger partial charge in [0.15, 0.2) is 0 Å². The van der Waals surface area contributed by atoms with Gasteiger partial charge in [-0.15, -0.1) is 0 Å². The number of hydrogen-bond acceptors (Lipinski definition) is 2. The summed E-state index contributed by atoms with van der Waals surface area (Å²) in [7, 11) is 0. The summed E-state index contributed by atoms with van der Waals surface area (Å²) in [6.07, 6.45) is 0.547. The number of anilines is 1. The number of nitrogens with zero attached hydrogens (tertiary/aromatic N) is 1. The standard InChI is InChI=1S/C18H14BrFN2O/c19-14-8-5-12(15(20)11-14)7-10-18(23)22-17-9-6-13-3-1-2-4-16(13)21-17/h1-6,8-9,11H,7,10H2,(H,21,22,23). The van der Waals surface area contributed by atoms with Crippen LogP contribution in [0.4, 0.5) is 10.2 Å². The normalized spacial score (nSPS) is 10.7. The molecule has 2 aromatic carbocycles. The maximum absolute atomic E-state index is 13.7. The Kier molecular flexibility index (Phi) is 4.67. The number of benzene rings is 2. The first-order valence-corrected chi connectivity index (χ1v) is 8.01. The molecule has 0 bridgehead atoms. The van der Waals surface area contributed by atoms with Gasteiger partial charge >= 0.3 is 0 Å². The van der Waals surface area contributed by atoms with Gasteiger partial charge in [0.05, 0.1) is 5.52 Å². The Labute approximate surface area is 141 Å². The molecule has 1 aromatic heterocycles. The van der Waals surface area contributed by atoms with Gasteiger partial charge in [0.25, 0.3) is 0 Å². The number of carbonyl (C=O) groups is 1. The Hall–Kier alpha value is -2.27. The van der Waals surface area contributed by atoms with Crippen LogP contribution in [0.5, 0.6) is 0 Å². The summed E-state index contributed by atoms with van der Waals surface area (Å²) in [5, 5.41) is 3.77. The highest BCUT2D eigenvalue weighted by Crippen LogP contribution is 2.17. The molecule has 1 N–H and O–H groups in total. The van der Waals surface area contributed by atoms with E-state index in [4.69, 9.17) is 0 Å². The summed E-state index contributed by atoms with van der Waals surface area (Å²) in [6.45, 7) is 0. The lowest BCUT2D eigenvalue weighted by Crippen LogP contribution is -2.13. The Morgan fingerprint density at radius 1 is 1.13 bits per heavy atom. The van der Waals surface area contributed by atoms with Crippen molar-refractivity contribution in [1.29, 1.82) is 0 Å². The van der Waals surface area contributed by atoms with E-state index in [1.54, 1.807) is 18.2 Å². The van der Waals surface area contributed by atoms with Crippen molar-refractivity contribution in [3.05, 3.63) is 70.5 Å². The second-order valence-electron chi connectivity index (χ2n) is 5.17. The monoisotopic (exact) mass is 372 g/mol. The van der Waals surface area contributed by atoms with Crippen molar-refractivity contribution in [2.75, 3.05) is 5.32 Å². The number of carbonyl (C=O) groups excluding carboxylic acids is 1. The van der Waals surface area contributed by atoms with Crippen molar-refractivity contribution in [3.63, 3.8) is 0 Å². The van der Waals surface area contributed by atoms with E-state index in [1.165, 1.54) is 6.07 Å². The number of halogens is 2. The number of nitrogens with one attached hydrogen (secondary N) is 1. The van der Waals surface area contributed by atoms with Gasteiger partial charge in [-0.25, -0.2) is 9.37 Å². The molecule has 0 atom stereocenters. The number of amides is 1. The first-order chi connectivity index (χ1) is 11.1. The summed E-state index contributed by atoms with van der Waals surface area (Å²) < 4.78 is 14.4. The van der Waals surface area contributed by atoms with E-state index in [1.807, 2.05) is 30.3 Å². The fraction of sp³-hybridized carbons (Fsp3) is 0.111. The van der Waals surface area contributed by atoms with Crippen LogP contribution in [0.15, 0.2) is 59.1 Å². The van der Waals surface area contributed by atoms with Gasteiger partial charge in [-0.2, -0.15) is 0 Å². The van der Waals surface area contributed by atoms with Crippen molar-refractivity contribution < 1.29 is 9.18 Å². The number of aromatic nitrogens is 1. The third-order valence-corrected chi connectivity index (χ3v) is 4.00. The molecule has 3 rings (SSSR count). The lowest BCUT2D eigenvalue weighted by Gasteiger charge is -2.06. The average molecular weight is 373 g/mol. The molecule has 0 unspecified atom stereocenters. The van der Waals surface area contributed by atoms with E-state index in [9.17, 15) is 9.18 Å². The van der Waals surface area contributed by atoms with Gasteiger partial charge in [-0.1, -0.05) is 40.2 Å². The van der Waals surface area contributed by atoms with Gasteiger partial charge in [-0.3, -0.25) is 4.79 Å². The van der Waals surface area contributed by atoms with Crippen LogP contribution in [0.2, 0.25) is 0 Å². The van der Waals surface area contributed by atoms with Crippen LogP contribution >= 0.6 is 15.9 Å². The molecule has 1 amide bonds. The molecule has 3 aromatic rings. The molecule has 0 spiro atoms. The maximum Gasteiger partial charge on any atom is 0.225 e. The van der Waals surface area contributed by atoms with Crippen LogP contribution in [0, 0.1) is 5.82 Å². The molecule has 0 radical (unpaired) electrons. The number of pyridine rings is 1. The molecule has 0 saturated heterocycles. The van der Waals surface area contributed by atoms with Crippen molar-refractivity contribution in [1.82, 2.24) is 4.98 Å². The molecule has 5 heteroatoms. The van der Waals surface area contributed by atoms with Crippen LogP contribution in [0.25, 0.3) is 10.9 Å². The Balaban J connectivity index is 1.64. The minimum Gasteiger partial charge on any atom is -0.311 e. The lowest BCUT2D eigenvalue weighted by molar-refractivity contribution is -0.116. The number of hydrogen-bond donors (Lipinski definition) is 1. The van der Waals surface area contributed by atoms with Crippen molar-refractivity contribution >= 4 is 38.6 Å². The van der Waals surface area contributed by atoms with Crippen molar-refractivity contribution in [2.45, 2.75) is 12.8 Å². The third-order valence-electron chi connectivity index (χ3n) is 3.50. The number of rotatable bonds is 4. The van der Waals surface area contributed by atoms with Gasteiger partial charge in [0.1, 0.15) is 11.6 Å². The van der Waals surface area contributed by atoms with Crippen LogP contribution in [-0.2, 0) is 11.2 Å². The van der Waals surface area contributed by atoms with Gasteiger partial charge in [0.2, 0.25) is 5.91 Å². The van der Waals surface area contributed by atoms with Crippen LogP contribution < -0.4 is 5.32 Å². The topological polar surface area (TPSA) is 42.0 Å². The first kappa shape index (κ1) is 15.6. The van der Waals surface area contributed by atoms with Crippen LogP contribution in [-0.4, -0.2) is 10.9 Å². The van der Waals surface area contributed by atoms with Gasteiger partial charge < -0.3 is 5.32 Å². The zero-order valence-electron chi connectivity index (χ0n) is 12.2. The third kappa shape index (κ3) is 3.93. The summed E-state index contributed by atoms with van der Waals surface area (Å²) in [5.41, 5.74) is 1.35. The van der Waals surface area contributed by atoms with E-state index >= 15 is 0 Å². The lowest BCUT2D eigenvalue weighted by atomic mass is 10.1. The number of fused-ring (bicyclic) bond motifs is 1. The highest BCUT2D eigenvalue weighted by molar-refractivity contribution is 9.10. The molecular weight excluding hydrogens is 359 g/mol. The Bertz CT molecular complexity index is 867. The summed E-state index contributed by atoms with van der Waals surface area (Å²) in [4.78, 5) is 16.4. The molecular formula is C18H14BrFN2O. The SMILES string of the molecule is O=C(CCc1ccc(Br)cc1F)Nc1ccc2ccccc2n1. The second kappa shape index (κ2) is 6.87. The van der Waals surface area contributed by atoms with E-state index in [0.717, 1.165) is 10.9 Å². The highest BCUT2D eigenvalue weighted by atomic mass is 79.9. The molecule has 0 aliphatic carbocycles. The van der Waals surface area contributed by atoms with Gasteiger partial charge in [0, 0.05) is 16.3 Å². The van der Waals surface area contributed by atoms with E-state index in [2.05, 4.69) is 26.2 Å². The smallest absolute Gasteiger partial charge is 0.225 e. The predicted octanol–water partition coefficient (Wildman–Crippen LogP) is 4.71. The molecule has 3 nitrogen and oxygen atoms in total. The van der Waals surface area contributed by atoms with Gasteiger partial charge in [-0.05, 0) is 42.3 Å². The largest absolute Gasteiger partial charge is 0.311 e. The molecule has 116 valence electrons. The minimum atomic E-state index is -0.309. The maximum atomic E-state index is 13.7. The van der Waals surface area contributed by atoms with Crippen LogP contribution in [0.1, 0.15) is 12.0 Å². The molecule has 0 aliphatic rings. The molecule has 23 heavy (non-hydrogen) atoms. The first-order valence-electron chi connectivity index (χ1n) is 7.21. The van der Waals surface area contributed by atoms with Crippen molar-refractivity contribution in [2.24, 2.45) is 0 Å². The van der Waals surface area contributed by atoms with E-state index < -0.39 is 0 Å². The fourth-order valence-corrected chi connectivity index (χ4v) is 2.65. The predicted molar refractivity (Wildman–Crippen MR) is 92.8 cm³/mol.